The fourth-order valence-corrected chi connectivity index (χ4v) is 2.40. The van der Waals surface area contributed by atoms with E-state index in [-0.39, 0.29) is 18.1 Å². The van der Waals surface area contributed by atoms with E-state index >= 15 is 0 Å². The van der Waals surface area contributed by atoms with Crippen LogP contribution >= 0.6 is 0 Å². The van der Waals surface area contributed by atoms with Crippen LogP contribution in [0.2, 0.25) is 0 Å². The molecule has 98 valence electrons. The van der Waals surface area contributed by atoms with Gasteiger partial charge in [0.1, 0.15) is 0 Å². The number of morpholine rings is 1. The van der Waals surface area contributed by atoms with Crippen LogP contribution in [0, 0.1) is 0 Å². The summed E-state index contributed by atoms with van der Waals surface area (Å²) in [6.07, 6.45) is 1.19. The first kappa shape index (κ1) is 12.8. The van der Waals surface area contributed by atoms with E-state index < -0.39 is 0 Å². The lowest BCUT2D eigenvalue weighted by molar-refractivity contribution is -0.137. The molecule has 1 amide bonds. The molecule has 3 unspecified atom stereocenters. The lowest BCUT2D eigenvalue weighted by atomic mass is 10.1. The van der Waals surface area contributed by atoms with Crippen molar-refractivity contribution in [3.63, 3.8) is 0 Å². The number of ether oxygens (including phenoxy) is 2. The molecule has 0 aliphatic carbocycles. The number of nitrogens with zero attached hydrogens (tertiary/aromatic N) is 1. The number of hydrogen-bond donors (Lipinski definition) is 1. The minimum atomic E-state index is -0.137. The van der Waals surface area contributed by atoms with E-state index in [1.807, 2.05) is 11.8 Å². The number of carbonyl (C=O) groups is 1. The zero-order valence-corrected chi connectivity index (χ0v) is 10.6. The Bertz CT molecular complexity index is 266. The SMILES string of the molecule is CC(NC1CCOC1C)C(=O)N1CCOCC1. The average Bonchev–Trinajstić information content (AvgIpc) is 2.75. The van der Waals surface area contributed by atoms with Gasteiger partial charge in [-0.25, -0.2) is 0 Å². The van der Waals surface area contributed by atoms with Gasteiger partial charge in [-0.05, 0) is 20.3 Å². The van der Waals surface area contributed by atoms with Crippen molar-refractivity contribution in [3.8, 4) is 0 Å². The Morgan fingerprint density at radius 2 is 2.06 bits per heavy atom. The summed E-state index contributed by atoms with van der Waals surface area (Å²) in [6.45, 7) is 7.50. The van der Waals surface area contributed by atoms with Gasteiger partial charge in [0, 0.05) is 25.7 Å². The number of rotatable bonds is 3. The van der Waals surface area contributed by atoms with Crippen molar-refractivity contribution >= 4 is 5.91 Å². The molecule has 5 heteroatoms. The van der Waals surface area contributed by atoms with Crippen LogP contribution in [0.4, 0.5) is 0 Å². The minimum absolute atomic E-state index is 0.137. The highest BCUT2D eigenvalue weighted by Gasteiger charge is 2.29. The molecule has 2 fully saturated rings. The largest absolute Gasteiger partial charge is 0.378 e. The summed E-state index contributed by atoms with van der Waals surface area (Å²) in [7, 11) is 0. The summed E-state index contributed by atoms with van der Waals surface area (Å²) >= 11 is 0. The molecular weight excluding hydrogens is 220 g/mol. The average molecular weight is 242 g/mol. The number of amides is 1. The summed E-state index contributed by atoms with van der Waals surface area (Å²) in [6, 6.07) is 0.164. The zero-order valence-electron chi connectivity index (χ0n) is 10.6. The summed E-state index contributed by atoms with van der Waals surface area (Å²) in [4.78, 5) is 14.0. The lowest BCUT2D eigenvalue weighted by Crippen LogP contribution is -2.52. The second kappa shape index (κ2) is 5.80. The van der Waals surface area contributed by atoms with Gasteiger partial charge in [-0.1, -0.05) is 0 Å². The van der Waals surface area contributed by atoms with Gasteiger partial charge in [0.25, 0.3) is 0 Å². The van der Waals surface area contributed by atoms with Crippen LogP contribution in [0.1, 0.15) is 20.3 Å². The van der Waals surface area contributed by atoms with E-state index in [0.717, 1.165) is 13.0 Å². The molecule has 2 heterocycles. The molecule has 0 aromatic carbocycles. The van der Waals surface area contributed by atoms with Crippen LogP contribution in [-0.4, -0.2) is 61.9 Å². The Kier molecular flexibility index (Phi) is 4.36. The molecule has 1 N–H and O–H groups in total. The fraction of sp³-hybridized carbons (Fsp3) is 0.917. The Morgan fingerprint density at radius 3 is 2.65 bits per heavy atom. The first-order valence-electron chi connectivity index (χ1n) is 6.42. The van der Waals surface area contributed by atoms with Gasteiger partial charge in [-0.3, -0.25) is 4.79 Å². The first-order valence-corrected chi connectivity index (χ1v) is 6.42. The maximum absolute atomic E-state index is 12.2. The van der Waals surface area contributed by atoms with E-state index in [4.69, 9.17) is 9.47 Å². The third-order valence-electron chi connectivity index (χ3n) is 3.53. The monoisotopic (exact) mass is 242 g/mol. The molecule has 0 aromatic heterocycles. The first-order chi connectivity index (χ1) is 8.18. The molecule has 2 aliphatic rings. The summed E-state index contributed by atoms with van der Waals surface area (Å²) in [5.41, 5.74) is 0. The smallest absolute Gasteiger partial charge is 0.239 e. The fourth-order valence-electron chi connectivity index (χ4n) is 2.40. The van der Waals surface area contributed by atoms with Crippen molar-refractivity contribution in [3.05, 3.63) is 0 Å². The van der Waals surface area contributed by atoms with Gasteiger partial charge < -0.3 is 19.7 Å². The van der Waals surface area contributed by atoms with Crippen LogP contribution in [0.3, 0.4) is 0 Å². The highest BCUT2D eigenvalue weighted by Crippen LogP contribution is 2.13. The van der Waals surface area contributed by atoms with Crippen LogP contribution in [-0.2, 0) is 14.3 Å². The maximum Gasteiger partial charge on any atom is 0.239 e. The standard InChI is InChI=1S/C12H22N2O3/c1-9(13-11-3-6-17-10(11)2)12(15)14-4-7-16-8-5-14/h9-11,13H,3-8H2,1-2H3. The van der Waals surface area contributed by atoms with Crippen molar-refractivity contribution in [2.45, 2.75) is 38.5 Å². The van der Waals surface area contributed by atoms with E-state index in [0.29, 0.717) is 32.3 Å². The zero-order chi connectivity index (χ0) is 12.3. The number of hydrogen-bond acceptors (Lipinski definition) is 4. The molecular formula is C12H22N2O3. The van der Waals surface area contributed by atoms with Crippen molar-refractivity contribution < 1.29 is 14.3 Å². The second-order valence-corrected chi connectivity index (χ2v) is 4.80. The van der Waals surface area contributed by atoms with Crippen molar-refractivity contribution in [2.24, 2.45) is 0 Å². The molecule has 0 saturated carbocycles. The molecule has 3 atom stereocenters. The Labute approximate surface area is 102 Å². The Hall–Kier alpha value is -0.650. The molecule has 0 aromatic rings. The van der Waals surface area contributed by atoms with Crippen LogP contribution in [0.15, 0.2) is 0 Å². The predicted molar refractivity (Wildman–Crippen MR) is 63.8 cm³/mol. The summed E-state index contributed by atoms with van der Waals surface area (Å²) in [5.74, 6) is 0.174. The topological polar surface area (TPSA) is 50.8 Å². The van der Waals surface area contributed by atoms with E-state index in [2.05, 4.69) is 12.2 Å². The van der Waals surface area contributed by atoms with Crippen molar-refractivity contribution in [1.82, 2.24) is 10.2 Å². The van der Waals surface area contributed by atoms with Gasteiger partial charge >= 0.3 is 0 Å². The minimum Gasteiger partial charge on any atom is -0.378 e. The molecule has 0 radical (unpaired) electrons. The molecule has 2 aliphatic heterocycles. The lowest BCUT2D eigenvalue weighted by Gasteiger charge is -2.31. The van der Waals surface area contributed by atoms with Gasteiger partial charge in [-0.15, -0.1) is 0 Å². The van der Waals surface area contributed by atoms with Gasteiger partial charge in [0.15, 0.2) is 0 Å². The van der Waals surface area contributed by atoms with Crippen LogP contribution in [0.25, 0.3) is 0 Å². The molecule has 5 nitrogen and oxygen atoms in total. The molecule has 17 heavy (non-hydrogen) atoms. The normalized spacial score (nSPS) is 31.5. The quantitative estimate of drug-likeness (QED) is 0.757. The number of carbonyl (C=O) groups excluding carboxylic acids is 1. The Morgan fingerprint density at radius 1 is 1.35 bits per heavy atom. The molecule has 0 spiro atoms. The third kappa shape index (κ3) is 3.18. The number of nitrogens with one attached hydrogen (secondary N) is 1. The summed E-state index contributed by atoms with van der Waals surface area (Å²) < 4.78 is 10.7. The highest BCUT2D eigenvalue weighted by molar-refractivity contribution is 5.81. The van der Waals surface area contributed by atoms with E-state index in [9.17, 15) is 4.79 Å². The second-order valence-electron chi connectivity index (χ2n) is 4.80. The van der Waals surface area contributed by atoms with Gasteiger partial charge in [0.2, 0.25) is 5.91 Å². The van der Waals surface area contributed by atoms with Crippen LogP contribution < -0.4 is 5.32 Å². The molecule has 2 saturated heterocycles. The Balaban J connectivity index is 1.81. The van der Waals surface area contributed by atoms with E-state index in [1.165, 1.54) is 0 Å². The highest BCUT2D eigenvalue weighted by atomic mass is 16.5. The summed E-state index contributed by atoms with van der Waals surface area (Å²) in [5, 5.41) is 3.37. The molecule has 0 bridgehead atoms. The third-order valence-corrected chi connectivity index (χ3v) is 3.53. The predicted octanol–water partition coefficient (Wildman–Crippen LogP) is 0.000700. The van der Waals surface area contributed by atoms with Gasteiger partial charge in [-0.2, -0.15) is 0 Å². The van der Waals surface area contributed by atoms with Crippen LogP contribution in [0.5, 0.6) is 0 Å². The van der Waals surface area contributed by atoms with Crippen molar-refractivity contribution in [2.75, 3.05) is 32.9 Å². The molecule has 2 rings (SSSR count). The van der Waals surface area contributed by atoms with Crippen molar-refractivity contribution in [1.29, 1.82) is 0 Å². The van der Waals surface area contributed by atoms with E-state index in [1.54, 1.807) is 0 Å². The van der Waals surface area contributed by atoms with Gasteiger partial charge in [0.05, 0.1) is 25.4 Å². The maximum atomic E-state index is 12.2.